The molecule has 0 saturated carbocycles. The maximum atomic E-state index is 6.20. The molecule has 3 heterocycles. The Labute approximate surface area is 128 Å². The number of hydrogen-bond acceptors (Lipinski definition) is 5. The Bertz CT molecular complexity index is 559. The topological polar surface area (TPSA) is 42.2 Å². The number of piperidine rings is 1. The molecule has 3 nitrogen and oxygen atoms in total. The molecule has 1 saturated heterocycles. The number of nitrogens with zero attached hydrogens (tertiary/aromatic N) is 2. The summed E-state index contributed by atoms with van der Waals surface area (Å²) in [5.41, 5.74) is 7.58. The maximum absolute atomic E-state index is 6.20. The van der Waals surface area contributed by atoms with Gasteiger partial charge in [-0.05, 0) is 23.3 Å². The van der Waals surface area contributed by atoms with Gasteiger partial charge in [-0.15, -0.1) is 22.7 Å². The number of hydrogen-bond donors (Lipinski definition) is 1. The summed E-state index contributed by atoms with van der Waals surface area (Å²) in [6.07, 6.45) is 1.08. The third kappa shape index (κ3) is 2.96. The first-order chi connectivity index (χ1) is 9.54. The van der Waals surface area contributed by atoms with E-state index in [4.69, 9.17) is 10.7 Å². The minimum absolute atomic E-state index is 0.199. The molecule has 3 rings (SSSR count). The zero-order valence-corrected chi connectivity index (χ0v) is 13.6. The average Bonchev–Trinajstić information content (AvgIpc) is 3.03. The summed E-state index contributed by atoms with van der Waals surface area (Å²) >= 11 is 3.50. The highest BCUT2D eigenvalue weighted by molar-refractivity contribution is 7.20. The van der Waals surface area contributed by atoms with E-state index in [1.54, 1.807) is 22.7 Å². The summed E-state index contributed by atoms with van der Waals surface area (Å²) in [6, 6.07) is 4.53. The van der Waals surface area contributed by atoms with Crippen LogP contribution in [0, 0.1) is 5.41 Å². The smallest absolute Gasteiger partial charge is 0.133 e. The van der Waals surface area contributed by atoms with Crippen LogP contribution in [0.5, 0.6) is 0 Å². The van der Waals surface area contributed by atoms with E-state index in [0.717, 1.165) is 31.1 Å². The Kier molecular flexibility index (Phi) is 3.95. The maximum Gasteiger partial charge on any atom is 0.133 e. The van der Waals surface area contributed by atoms with Crippen molar-refractivity contribution in [3.63, 3.8) is 0 Å². The lowest BCUT2D eigenvalue weighted by Crippen LogP contribution is -2.52. The molecule has 0 bridgehead atoms. The van der Waals surface area contributed by atoms with E-state index >= 15 is 0 Å². The summed E-state index contributed by atoms with van der Waals surface area (Å²) in [5.74, 6) is 0. The highest BCUT2D eigenvalue weighted by Crippen LogP contribution is 2.31. The van der Waals surface area contributed by atoms with E-state index in [9.17, 15) is 0 Å². The van der Waals surface area contributed by atoms with Gasteiger partial charge in [0.2, 0.25) is 0 Å². The van der Waals surface area contributed by atoms with Crippen LogP contribution in [0.15, 0.2) is 22.9 Å². The minimum Gasteiger partial charge on any atom is -0.327 e. The van der Waals surface area contributed by atoms with Crippen LogP contribution in [0.4, 0.5) is 0 Å². The van der Waals surface area contributed by atoms with Crippen LogP contribution < -0.4 is 5.73 Å². The number of thiazole rings is 1. The van der Waals surface area contributed by atoms with Crippen LogP contribution in [-0.4, -0.2) is 29.0 Å². The van der Waals surface area contributed by atoms with Crippen molar-refractivity contribution in [1.29, 1.82) is 0 Å². The third-order valence-corrected chi connectivity index (χ3v) is 5.99. The Morgan fingerprint density at radius 3 is 3.00 bits per heavy atom. The molecule has 1 aliphatic rings. The SMILES string of the molecule is CC1(C)CN(Cc2csc(-c3cccs3)n2)CCC1N. The summed E-state index contributed by atoms with van der Waals surface area (Å²) in [4.78, 5) is 8.52. The van der Waals surface area contributed by atoms with E-state index in [-0.39, 0.29) is 5.41 Å². The fourth-order valence-corrected chi connectivity index (χ4v) is 4.37. The van der Waals surface area contributed by atoms with Crippen molar-refractivity contribution >= 4 is 22.7 Å². The largest absolute Gasteiger partial charge is 0.327 e. The highest BCUT2D eigenvalue weighted by atomic mass is 32.1. The van der Waals surface area contributed by atoms with Crippen LogP contribution in [0.2, 0.25) is 0 Å². The van der Waals surface area contributed by atoms with Gasteiger partial charge in [0, 0.05) is 31.1 Å². The third-order valence-electron chi connectivity index (χ3n) is 4.06. The van der Waals surface area contributed by atoms with E-state index in [1.807, 2.05) is 0 Å². The lowest BCUT2D eigenvalue weighted by atomic mass is 9.80. The van der Waals surface area contributed by atoms with Crippen molar-refractivity contribution in [2.24, 2.45) is 11.1 Å². The highest BCUT2D eigenvalue weighted by Gasteiger charge is 2.33. The Morgan fingerprint density at radius 2 is 2.30 bits per heavy atom. The fraction of sp³-hybridized carbons (Fsp3) is 0.533. The second kappa shape index (κ2) is 5.56. The van der Waals surface area contributed by atoms with Gasteiger partial charge in [0.05, 0.1) is 10.6 Å². The monoisotopic (exact) mass is 307 g/mol. The summed E-state index contributed by atoms with van der Waals surface area (Å²) < 4.78 is 0. The minimum atomic E-state index is 0.199. The molecule has 1 atom stereocenters. The van der Waals surface area contributed by atoms with Crippen molar-refractivity contribution in [3.05, 3.63) is 28.6 Å². The van der Waals surface area contributed by atoms with Crippen LogP contribution in [0.25, 0.3) is 9.88 Å². The van der Waals surface area contributed by atoms with Gasteiger partial charge < -0.3 is 5.73 Å². The zero-order valence-electron chi connectivity index (χ0n) is 12.0. The molecule has 108 valence electrons. The molecule has 5 heteroatoms. The van der Waals surface area contributed by atoms with Crippen LogP contribution in [-0.2, 0) is 6.54 Å². The van der Waals surface area contributed by atoms with Crippen LogP contribution in [0.3, 0.4) is 0 Å². The summed E-state index contributed by atoms with van der Waals surface area (Å²) in [6.45, 7) is 7.61. The Hall–Kier alpha value is -0.750. The second-order valence-electron chi connectivity index (χ2n) is 6.22. The van der Waals surface area contributed by atoms with E-state index in [1.165, 1.54) is 10.6 Å². The van der Waals surface area contributed by atoms with E-state index in [2.05, 4.69) is 41.6 Å². The van der Waals surface area contributed by atoms with Crippen LogP contribution in [0.1, 0.15) is 26.0 Å². The summed E-state index contributed by atoms with van der Waals surface area (Å²) in [7, 11) is 0. The van der Waals surface area contributed by atoms with Gasteiger partial charge in [-0.2, -0.15) is 0 Å². The predicted octanol–water partition coefficient (Wildman–Crippen LogP) is 3.43. The lowest BCUT2D eigenvalue weighted by molar-refractivity contribution is 0.0891. The van der Waals surface area contributed by atoms with Crippen molar-refractivity contribution < 1.29 is 0 Å². The Morgan fingerprint density at radius 1 is 1.45 bits per heavy atom. The van der Waals surface area contributed by atoms with Gasteiger partial charge in [-0.1, -0.05) is 19.9 Å². The van der Waals surface area contributed by atoms with Crippen LogP contribution >= 0.6 is 22.7 Å². The first kappa shape index (κ1) is 14.2. The number of rotatable bonds is 3. The average molecular weight is 307 g/mol. The normalized spacial score (nSPS) is 23.1. The molecule has 0 aromatic carbocycles. The standard InChI is InChI=1S/C15H21N3S2/c1-15(2)10-18(6-5-13(15)16)8-11-9-20-14(17-11)12-4-3-7-19-12/h3-4,7,9,13H,5-6,8,10,16H2,1-2H3. The fourth-order valence-electron chi connectivity index (χ4n) is 2.74. The predicted molar refractivity (Wildman–Crippen MR) is 87.1 cm³/mol. The van der Waals surface area contributed by atoms with E-state index in [0.29, 0.717) is 6.04 Å². The molecular formula is C15H21N3S2. The van der Waals surface area contributed by atoms with Crippen molar-refractivity contribution in [2.75, 3.05) is 13.1 Å². The van der Waals surface area contributed by atoms with Gasteiger partial charge in [-0.25, -0.2) is 4.98 Å². The quantitative estimate of drug-likeness (QED) is 0.944. The molecule has 0 amide bonds. The van der Waals surface area contributed by atoms with E-state index < -0.39 is 0 Å². The molecule has 1 aliphatic heterocycles. The molecule has 2 N–H and O–H groups in total. The molecule has 2 aromatic rings. The first-order valence-electron chi connectivity index (χ1n) is 7.01. The van der Waals surface area contributed by atoms with Crippen molar-refractivity contribution in [3.8, 4) is 9.88 Å². The van der Waals surface area contributed by atoms with Gasteiger partial charge >= 0.3 is 0 Å². The van der Waals surface area contributed by atoms with Gasteiger partial charge in [-0.3, -0.25) is 4.90 Å². The molecule has 0 radical (unpaired) electrons. The lowest BCUT2D eigenvalue weighted by Gasteiger charge is -2.42. The molecule has 1 unspecified atom stereocenters. The molecule has 1 fully saturated rings. The van der Waals surface area contributed by atoms with Gasteiger partial charge in [0.1, 0.15) is 5.01 Å². The number of thiophene rings is 1. The van der Waals surface area contributed by atoms with Crippen molar-refractivity contribution in [1.82, 2.24) is 9.88 Å². The molecule has 2 aromatic heterocycles. The van der Waals surface area contributed by atoms with Crippen molar-refractivity contribution in [2.45, 2.75) is 32.9 Å². The first-order valence-corrected chi connectivity index (χ1v) is 8.77. The Balaban J connectivity index is 1.67. The number of likely N-dealkylation sites (tertiary alicyclic amines) is 1. The number of nitrogens with two attached hydrogens (primary N) is 1. The molecule has 0 aliphatic carbocycles. The number of aromatic nitrogens is 1. The van der Waals surface area contributed by atoms with Gasteiger partial charge in [0.15, 0.2) is 0 Å². The molecule has 20 heavy (non-hydrogen) atoms. The second-order valence-corrected chi connectivity index (χ2v) is 8.02. The zero-order chi connectivity index (χ0) is 14.2. The summed E-state index contributed by atoms with van der Waals surface area (Å²) in [5, 5.41) is 5.43. The van der Waals surface area contributed by atoms with Gasteiger partial charge in [0.25, 0.3) is 0 Å². The molecule has 0 spiro atoms. The molecular weight excluding hydrogens is 286 g/mol.